The van der Waals surface area contributed by atoms with E-state index in [0.29, 0.717) is 12.8 Å². The van der Waals surface area contributed by atoms with Crippen LogP contribution in [-0.2, 0) is 11.2 Å². The maximum absolute atomic E-state index is 10.7. The molecule has 0 radical (unpaired) electrons. The number of imidazole rings is 1. The fraction of sp³-hybridized carbons (Fsp3) is 0.333. The summed E-state index contributed by atoms with van der Waals surface area (Å²) < 4.78 is 0. The highest BCUT2D eigenvalue weighted by atomic mass is 16.1. The summed E-state index contributed by atoms with van der Waals surface area (Å²) in [5, 5.41) is 0. The van der Waals surface area contributed by atoms with Gasteiger partial charge in [-0.2, -0.15) is 0 Å². The SMILES string of the molecule is Cc1cc2nc(CCC(N)=O)[nH]c2cc1C. The van der Waals surface area contributed by atoms with E-state index in [1.807, 2.05) is 0 Å². The van der Waals surface area contributed by atoms with Gasteiger partial charge in [0.2, 0.25) is 5.91 Å². The number of hydrogen-bond acceptors (Lipinski definition) is 2. The molecule has 0 spiro atoms. The van der Waals surface area contributed by atoms with Crippen molar-refractivity contribution in [2.45, 2.75) is 26.7 Å². The fourth-order valence-electron chi connectivity index (χ4n) is 1.68. The molecule has 0 aliphatic rings. The lowest BCUT2D eigenvalue weighted by molar-refractivity contribution is -0.118. The van der Waals surface area contributed by atoms with Crippen LogP contribution in [0.4, 0.5) is 0 Å². The van der Waals surface area contributed by atoms with Crippen molar-refractivity contribution in [1.29, 1.82) is 0 Å². The summed E-state index contributed by atoms with van der Waals surface area (Å²) in [7, 11) is 0. The Bertz CT molecular complexity index is 503. The molecule has 2 rings (SSSR count). The molecule has 1 heterocycles. The van der Waals surface area contributed by atoms with Gasteiger partial charge in [0.1, 0.15) is 5.82 Å². The fourth-order valence-corrected chi connectivity index (χ4v) is 1.68. The third-order valence-corrected chi connectivity index (χ3v) is 2.75. The Hall–Kier alpha value is -1.84. The normalized spacial score (nSPS) is 10.9. The zero-order valence-electron chi connectivity index (χ0n) is 9.50. The molecule has 0 saturated carbocycles. The number of H-pyrrole nitrogens is 1. The number of rotatable bonds is 3. The molecule has 1 aromatic carbocycles. The van der Waals surface area contributed by atoms with Crippen LogP contribution in [-0.4, -0.2) is 15.9 Å². The van der Waals surface area contributed by atoms with Gasteiger partial charge >= 0.3 is 0 Å². The first-order chi connectivity index (χ1) is 7.56. The average Bonchev–Trinajstić information content (AvgIpc) is 2.58. The molecule has 16 heavy (non-hydrogen) atoms. The number of primary amides is 1. The predicted molar refractivity (Wildman–Crippen MR) is 63.1 cm³/mol. The molecule has 1 amide bonds. The summed E-state index contributed by atoms with van der Waals surface area (Å²) in [6.45, 7) is 4.13. The molecule has 0 aliphatic heterocycles. The van der Waals surface area contributed by atoms with E-state index in [-0.39, 0.29) is 5.91 Å². The second kappa shape index (κ2) is 3.96. The van der Waals surface area contributed by atoms with Crippen molar-refractivity contribution >= 4 is 16.9 Å². The molecule has 0 bridgehead atoms. The van der Waals surface area contributed by atoms with Gasteiger partial charge in [0.25, 0.3) is 0 Å². The van der Waals surface area contributed by atoms with Crippen LogP contribution in [0.2, 0.25) is 0 Å². The molecule has 0 fully saturated rings. The molecule has 3 N–H and O–H groups in total. The summed E-state index contributed by atoms with van der Waals surface area (Å²) in [6.07, 6.45) is 0.903. The minimum atomic E-state index is -0.298. The van der Waals surface area contributed by atoms with E-state index >= 15 is 0 Å². The van der Waals surface area contributed by atoms with Crippen LogP contribution in [0.1, 0.15) is 23.4 Å². The van der Waals surface area contributed by atoms with E-state index in [4.69, 9.17) is 5.73 Å². The number of nitrogens with two attached hydrogens (primary N) is 1. The molecule has 0 atom stereocenters. The van der Waals surface area contributed by atoms with Crippen LogP contribution in [0.3, 0.4) is 0 Å². The topological polar surface area (TPSA) is 71.8 Å². The van der Waals surface area contributed by atoms with Crippen molar-refractivity contribution in [3.05, 3.63) is 29.1 Å². The van der Waals surface area contributed by atoms with Crippen molar-refractivity contribution in [3.63, 3.8) is 0 Å². The predicted octanol–water partition coefficient (Wildman–Crippen LogP) is 1.60. The summed E-state index contributed by atoms with van der Waals surface area (Å²) in [5.41, 5.74) is 9.52. The number of fused-ring (bicyclic) bond motifs is 1. The Morgan fingerprint density at radius 1 is 1.38 bits per heavy atom. The minimum Gasteiger partial charge on any atom is -0.370 e. The van der Waals surface area contributed by atoms with E-state index in [0.717, 1.165) is 16.9 Å². The average molecular weight is 217 g/mol. The number of carbonyl (C=O) groups excluding carboxylic acids is 1. The molecule has 1 aromatic heterocycles. The van der Waals surface area contributed by atoms with Gasteiger partial charge in [0.05, 0.1) is 11.0 Å². The third-order valence-electron chi connectivity index (χ3n) is 2.75. The number of nitrogens with zero attached hydrogens (tertiary/aromatic N) is 1. The molecular formula is C12H15N3O. The summed E-state index contributed by atoms with van der Waals surface area (Å²) in [5.74, 6) is 0.520. The van der Waals surface area contributed by atoms with Crippen LogP contribution in [0.15, 0.2) is 12.1 Å². The standard InChI is InChI=1S/C12H15N3O/c1-7-5-9-10(6-8(7)2)15-12(14-9)4-3-11(13)16/h5-6H,3-4H2,1-2H3,(H2,13,16)(H,14,15). The number of nitrogens with one attached hydrogen (secondary N) is 1. The van der Waals surface area contributed by atoms with E-state index in [1.165, 1.54) is 11.1 Å². The minimum absolute atomic E-state index is 0.298. The Labute approximate surface area is 93.9 Å². The van der Waals surface area contributed by atoms with Crippen LogP contribution in [0.25, 0.3) is 11.0 Å². The highest BCUT2D eigenvalue weighted by Crippen LogP contribution is 2.17. The Kier molecular flexibility index (Phi) is 2.64. The zero-order valence-corrected chi connectivity index (χ0v) is 9.50. The quantitative estimate of drug-likeness (QED) is 0.819. The zero-order chi connectivity index (χ0) is 11.7. The lowest BCUT2D eigenvalue weighted by atomic mass is 10.1. The van der Waals surface area contributed by atoms with Crippen LogP contribution in [0.5, 0.6) is 0 Å². The van der Waals surface area contributed by atoms with Gasteiger partial charge < -0.3 is 10.7 Å². The maximum Gasteiger partial charge on any atom is 0.217 e. The Morgan fingerprint density at radius 2 is 2.06 bits per heavy atom. The van der Waals surface area contributed by atoms with Gasteiger partial charge in [-0.15, -0.1) is 0 Å². The molecule has 84 valence electrons. The number of aryl methyl sites for hydroxylation is 3. The molecule has 4 nitrogen and oxygen atoms in total. The van der Waals surface area contributed by atoms with Gasteiger partial charge in [-0.05, 0) is 37.1 Å². The molecule has 0 saturated heterocycles. The van der Waals surface area contributed by atoms with Crippen LogP contribution < -0.4 is 5.73 Å². The second-order valence-corrected chi connectivity index (χ2v) is 4.10. The van der Waals surface area contributed by atoms with Gasteiger partial charge in [-0.3, -0.25) is 4.79 Å². The molecule has 0 unspecified atom stereocenters. The number of aromatic amines is 1. The first-order valence-corrected chi connectivity index (χ1v) is 5.30. The van der Waals surface area contributed by atoms with Crippen molar-refractivity contribution in [2.75, 3.05) is 0 Å². The first kappa shape index (κ1) is 10.7. The van der Waals surface area contributed by atoms with E-state index in [1.54, 1.807) is 0 Å². The molecule has 4 heteroatoms. The van der Waals surface area contributed by atoms with Crippen molar-refractivity contribution in [1.82, 2.24) is 9.97 Å². The lowest BCUT2D eigenvalue weighted by Gasteiger charge is -1.97. The van der Waals surface area contributed by atoms with Crippen molar-refractivity contribution in [2.24, 2.45) is 5.73 Å². The number of amides is 1. The van der Waals surface area contributed by atoms with Crippen LogP contribution >= 0.6 is 0 Å². The third kappa shape index (κ3) is 2.05. The van der Waals surface area contributed by atoms with Gasteiger partial charge in [0, 0.05) is 12.8 Å². The molecule has 2 aromatic rings. The highest BCUT2D eigenvalue weighted by molar-refractivity contribution is 5.77. The summed E-state index contributed by atoms with van der Waals surface area (Å²) >= 11 is 0. The van der Waals surface area contributed by atoms with Crippen LogP contribution in [0, 0.1) is 13.8 Å². The highest BCUT2D eigenvalue weighted by Gasteiger charge is 2.05. The van der Waals surface area contributed by atoms with Gasteiger partial charge in [-0.1, -0.05) is 0 Å². The Balaban J connectivity index is 2.33. The number of benzene rings is 1. The van der Waals surface area contributed by atoms with E-state index < -0.39 is 0 Å². The number of aromatic nitrogens is 2. The van der Waals surface area contributed by atoms with E-state index in [9.17, 15) is 4.79 Å². The van der Waals surface area contributed by atoms with E-state index in [2.05, 4.69) is 35.9 Å². The summed E-state index contributed by atoms with van der Waals surface area (Å²) in [6, 6.07) is 4.13. The lowest BCUT2D eigenvalue weighted by Crippen LogP contribution is -2.11. The number of hydrogen-bond donors (Lipinski definition) is 2. The number of carbonyl (C=O) groups is 1. The largest absolute Gasteiger partial charge is 0.370 e. The Morgan fingerprint density at radius 3 is 2.75 bits per heavy atom. The maximum atomic E-state index is 10.7. The summed E-state index contributed by atoms with van der Waals surface area (Å²) in [4.78, 5) is 18.3. The molecule has 0 aliphatic carbocycles. The smallest absolute Gasteiger partial charge is 0.217 e. The molecular weight excluding hydrogens is 202 g/mol. The first-order valence-electron chi connectivity index (χ1n) is 5.30. The monoisotopic (exact) mass is 217 g/mol. The van der Waals surface area contributed by atoms with Gasteiger partial charge in [-0.25, -0.2) is 4.98 Å². The van der Waals surface area contributed by atoms with Crippen molar-refractivity contribution < 1.29 is 4.79 Å². The second-order valence-electron chi connectivity index (χ2n) is 4.10. The van der Waals surface area contributed by atoms with Crippen molar-refractivity contribution in [3.8, 4) is 0 Å². The van der Waals surface area contributed by atoms with Gasteiger partial charge in [0.15, 0.2) is 0 Å².